The summed E-state index contributed by atoms with van der Waals surface area (Å²) in [6.45, 7) is 4.31. The Balaban J connectivity index is 2.64. The van der Waals surface area contributed by atoms with Gasteiger partial charge in [0, 0.05) is 13.5 Å². The van der Waals surface area contributed by atoms with E-state index in [4.69, 9.17) is 5.11 Å². The summed E-state index contributed by atoms with van der Waals surface area (Å²) in [5.41, 5.74) is 0. The zero-order chi connectivity index (χ0) is 12.1. The Morgan fingerprint density at radius 1 is 1.56 bits per heavy atom. The number of carbonyl (C=O) groups is 1. The summed E-state index contributed by atoms with van der Waals surface area (Å²) in [6, 6.07) is 0. The topological polar surface area (TPSA) is 68.0 Å². The zero-order valence-electron chi connectivity index (χ0n) is 9.80. The van der Waals surface area contributed by atoms with Crippen LogP contribution >= 0.6 is 11.8 Å². The molecule has 0 aromatic carbocycles. The molecule has 1 atom stereocenters. The van der Waals surface area contributed by atoms with E-state index in [9.17, 15) is 4.79 Å². The van der Waals surface area contributed by atoms with E-state index in [1.54, 1.807) is 0 Å². The predicted octanol–water partition coefficient (Wildman–Crippen LogP) is 1.58. The smallest absolute Gasteiger partial charge is 0.313 e. The van der Waals surface area contributed by atoms with Gasteiger partial charge in [-0.05, 0) is 5.92 Å². The van der Waals surface area contributed by atoms with Crippen molar-refractivity contribution < 1.29 is 9.90 Å². The van der Waals surface area contributed by atoms with Crippen molar-refractivity contribution in [2.45, 2.75) is 31.8 Å². The highest BCUT2D eigenvalue weighted by molar-refractivity contribution is 7.99. The largest absolute Gasteiger partial charge is 0.481 e. The van der Waals surface area contributed by atoms with Crippen LogP contribution in [0.4, 0.5) is 0 Å². The van der Waals surface area contributed by atoms with Crippen LogP contribution in [0.1, 0.15) is 26.1 Å². The van der Waals surface area contributed by atoms with E-state index in [0.29, 0.717) is 11.1 Å². The summed E-state index contributed by atoms with van der Waals surface area (Å²) >= 11 is 1.20. The van der Waals surface area contributed by atoms with Gasteiger partial charge in [0.15, 0.2) is 5.16 Å². The molecule has 5 nitrogen and oxygen atoms in total. The molecule has 6 heteroatoms. The Hall–Kier alpha value is -1.04. The highest BCUT2D eigenvalue weighted by Crippen LogP contribution is 2.17. The maximum atomic E-state index is 10.4. The molecule has 0 bridgehead atoms. The van der Waals surface area contributed by atoms with Gasteiger partial charge >= 0.3 is 5.97 Å². The standard InChI is InChI=1S/C10H17N3O2S/c1-4-7(2)5-8-11-12-10(13(8)3)16-6-9(14)15/h7H,4-6H2,1-3H3,(H,14,15). The number of hydrogen-bond donors (Lipinski definition) is 1. The van der Waals surface area contributed by atoms with Crippen molar-refractivity contribution in [3.8, 4) is 0 Å². The molecule has 0 aliphatic heterocycles. The fraction of sp³-hybridized carbons (Fsp3) is 0.700. The van der Waals surface area contributed by atoms with E-state index in [-0.39, 0.29) is 5.75 Å². The van der Waals surface area contributed by atoms with Crippen LogP contribution < -0.4 is 0 Å². The van der Waals surface area contributed by atoms with Crippen LogP contribution in [-0.4, -0.2) is 31.6 Å². The van der Waals surface area contributed by atoms with Crippen molar-refractivity contribution in [1.29, 1.82) is 0 Å². The van der Waals surface area contributed by atoms with Crippen molar-refractivity contribution in [2.75, 3.05) is 5.75 Å². The highest BCUT2D eigenvalue weighted by Gasteiger charge is 2.12. The Bertz CT molecular complexity index is 365. The Morgan fingerprint density at radius 2 is 2.25 bits per heavy atom. The molecule has 1 heterocycles. The van der Waals surface area contributed by atoms with Crippen molar-refractivity contribution in [3.05, 3.63) is 5.82 Å². The second-order valence-corrected chi connectivity index (χ2v) is 4.80. The summed E-state index contributed by atoms with van der Waals surface area (Å²) in [5, 5.41) is 17.3. The van der Waals surface area contributed by atoms with E-state index in [1.807, 2.05) is 11.6 Å². The molecule has 0 saturated carbocycles. The number of carboxylic acids is 1. The van der Waals surface area contributed by atoms with Gasteiger partial charge in [0.25, 0.3) is 0 Å². The van der Waals surface area contributed by atoms with Gasteiger partial charge in [0.1, 0.15) is 5.82 Å². The van der Waals surface area contributed by atoms with Gasteiger partial charge in [0.05, 0.1) is 5.75 Å². The maximum Gasteiger partial charge on any atom is 0.313 e. The quantitative estimate of drug-likeness (QED) is 0.768. The fourth-order valence-corrected chi connectivity index (χ4v) is 1.88. The molecule has 0 amide bonds. The molecule has 1 aromatic rings. The minimum absolute atomic E-state index is 0.0231. The SMILES string of the molecule is CCC(C)Cc1nnc(SCC(=O)O)n1C. The average molecular weight is 243 g/mol. The lowest BCUT2D eigenvalue weighted by Gasteiger charge is -2.07. The molecule has 1 aromatic heterocycles. The number of aromatic nitrogens is 3. The molecule has 16 heavy (non-hydrogen) atoms. The molecule has 1 rings (SSSR count). The van der Waals surface area contributed by atoms with Crippen LogP contribution in [0.25, 0.3) is 0 Å². The minimum atomic E-state index is -0.837. The molecular formula is C10H17N3O2S. The molecule has 0 fully saturated rings. The van der Waals surface area contributed by atoms with Gasteiger partial charge in [-0.2, -0.15) is 0 Å². The highest BCUT2D eigenvalue weighted by atomic mass is 32.2. The molecular weight excluding hydrogens is 226 g/mol. The molecule has 0 spiro atoms. The van der Waals surface area contributed by atoms with Crippen molar-refractivity contribution in [1.82, 2.24) is 14.8 Å². The third-order valence-electron chi connectivity index (χ3n) is 2.48. The van der Waals surface area contributed by atoms with Gasteiger partial charge < -0.3 is 9.67 Å². The Kier molecular flexibility index (Phi) is 4.79. The number of carboxylic acid groups (broad SMARTS) is 1. The average Bonchev–Trinajstić information content (AvgIpc) is 2.57. The lowest BCUT2D eigenvalue weighted by Crippen LogP contribution is -2.06. The first-order valence-electron chi connectivity index (χ1n) is 5.27. The van der Waals surface area contributed by atoms with Crippen LogP contribution in [0, 0.1) is 5.92 Å². The lowest BCUT2D eigenvalue weighted by atomic mass is 10.1. The summed E-state index contributed by atoms with van der Waals surface area (Å²) in [5.74, 6) is 0.675. The number of hydrogen-bond acceptors (Lipinski definition) is 4. The molecule has 0 aliphatic carbocycles. The van der Waals surface area contributed by atoms with Crippen LogP contribution in [0.3, 0.4) is 0 Å². The summed E-state index contributed by atoms with van der Waals surface area (Å²) in [4.78, 5) is 10.4. The number of nitrogens with zero attached hydrogens (tertiary/aromatic N) is 3. The van der Waals surface area contributed by atoms with E-state index in [2.05, 4.69) is 24.0 Å². The number of aliphatic carboxylic acids is 1. The molecule has 0 radical (unpaired) electrons. The van der Waals surface area contributed by atoms with Gasteiger partial charge in [-0.25, -0.2) is 0 Å². The second kappa shape index (κ2) is 5.89. The van der Waals surface area contributed by atoms with Gasteiger partial charge in [-0.15, -0.1) is 10.2 Å². The van der Waals surface area contributed by atoms with Crippen LogP contribution in [0.15, 0.2) is 5.16 Å². The van der Waals surface area contributed by atoms with Crippen molar-refractivity contribution in [2.24, 2.45) is 13.0 Å². The summed E-state index contributed by atoms with van der Waals surface area (Å²) in [7, 11) is 1.88. The molecule has 1 N–H and O–H groups in total. The Morgan fingerprint density at radius 3 is 2.81 bits per heavy atom. The van der Waals surface area contributed by atoms with E-state index in [1.165, 1.54) is 11.8 Å². The van der Waals surface area contributed by atoms with Gasteiger partial charge in [-0.3, -0.25) is 4.79 Å². The molecule has 0 aliphatic rings. The normalized spacial score (nSPS) is 12.7. The second-order valence-electron chi connectivity index (χ2n) is 3.86. The third-order valence-corrected chi connectivity index (χ3v) is 3.48. The van der Waals surface area contributed by atoms with Gasteiger partial charge in [0.2, 0.25) is 0 Å². The van der Waals surface area contributed by atoms with Crippen molar-refractivity contribution >= 4 is 17.7 Å². The molecule has 1 unspecified atom stereocenters. The molecule has 0 saturated heterocycles. The fourth-order valence-electron chi connectivity index (χ4n) is 1.23. The summed E-state index contributed by atoms with van der Waals surface area (Å²) < 4.78 is 1.87. The zero-order valence-corrected chi connectivity index (χ0v) is 10.6. The Labute approximate surface area is 99.3 Å². The number of thioether (sulfide) groups is 1. The monoisotopic (exact) mass is 243 g/mol. The van der Waals surface area contributed by atoms with E-state index in [0.717, 1.165) is 18.7 Å². The van der Waals surface area contributed by atoms with E-state index >= 15 is 0 Å². The number of rotatable bonds is 6. The lowest BCUT2D eigenvalue weighted by molar-refractivity contribution is -0.133. The minimum Gasteiger partial charge on any atom is -0.481 e. The van der Waals surface area contributed by atoms with Crippen LogP contribution in [0.2, 0.25) is 0 Å². The first-order chi connectivity index (χ1) is 7.54. The first kappa shape index (κ1) is 13.0. The van der Waals surface area contributed by atoms with Crippen molar-refractivity contribution in [3.63, 3.8) is 0 Å². The van der Waals surface area contributed by atoms with E-state index < -0.39 is 5.97 Å². The van der Waals surface area contributed by atoms with Crippen LogP contribution in [0.5, 0.6) is 0 Å². The maximum absolute atomic E-state index is 10.4. The predicted molar refractivity (Wildman–Crippen MR) is 62.5 cm³/mol. The third kappa shape index (κ3) is 3.52. The molecule has 90 valence electrons. The van der Waals surface area contributed by atoms with Gasteiger partial charge in [-0.1, -0.05) is 32.0 Å². The first-order valence-corrected chi connectivity index (χ1v) is 6.26. The summed E-state index contributed by atoms with van der Waals surface area (Å²) in [6.07, 6.45) is 1.98. The van der Waals surface area contributed by atoms with Crippen LogP contribution in [-0.2, 0) is 18.3 Å².